The van der Waals surface area contributed by atoms with Crippen molar-refractivity contribution in [1.82, 2.24) is 24.7 Å². The number of likely N-dealkylation sites (N-methyl/N-ethyl adjacent to an activating group) is 1. The molecule has 2 aromatic rings. The number of likely N-dealkylation sites (tertiary alicyclic amines) is 1. The highest BCUT2D eigenvalue weighted by molar-refractivity contribution is 5.88. The Morgan fingerprint density at radius 1 is 1.04 bits per heavy atom. The van der Waals surface area contributed by atoms with Gasteiger partial charge in [-0.25, -0.2) is 0 Å². The van der Waals surface area contributed by atoms with Crippen molar-refractivity contribution in [3.63, 3.8) is 0 Å². The van der Waals surface area contributed by atoms with Crippen molar-refractivity contribution >= 4 is 17.4 Å². The number of hydrogen-bond donors (Lipinski definition) is 0. The van der Waals surface area contributed by atoms with Crippen molar-refractivity contribution in [2.45, 2.75) is 69.5 Å². The van der Waals surface area contributed by atoms with E-state index in [1.54, 1.807) is 6.08 Å². The monoisotopic (exact) mass is 654 g/mol. The summed E-state index contributed by atoms with van der Waals surface area (Å²) in [5.41, 5.74) is 5.08. The van der Waals surface area contributed by atoms with Gasteiger partial charge in [-0.15, -0.1) is 0 Å². The number of ether oxygens (including phenoxy) is 2. The molecular formula is C37H50N8O3. The topological polar surface area (TPSA) is 101 Å². The molecule has 5 heterocycles. The molecule has 3 fully saturated rings. The van der Waals surface area contributed by atoms with E-state index in [1.165, 1.54) is 29.7 Å². The summed E-state index contributed by atoms with van der Waals surface area (Å²) >= 11 is 0. The maximum atomic E-state index is 13.4. The largest absolute Gasteiger partial charge is 0.462 e. The number of anilines is 2. The fraction of sp³-hybridized carbons (Fsp3) is 0.622. The summed E-state index contributed by atoms with van der Waals surface area (Å²) in [5.74, 6) is 0.896. The lowest BCUT2D eigenvalue weighted by Crippen LogP contribution is -2.55. The second-order valence-electron chi connectivity index (χ2n) is 14.0. The third-order valence-corrected chi connectivity index (χ3v) is 11.0. The Morgan fingerprint density at radius 2 is 1.92 bits per heavy atom. The number of carbonyl (C=O) groups is 1. The van der Waals surface area contributed by atoms with Gasteiger partial charge in [-0.05, 0) is 63.7 Å². The standard InChI is InChI=1S/C37H50N8O3/c1-41-16-5-9-31(41)27-48-37-39-33-25-29(44-18-4-8-28-7-2-3-10-34(28)44)12-13-32(33)36(40-37)43-19-20-45(30(26-43)14-15-38)35(46)11-6-17-42-21-23-47-24-22-42/h2-3,6-7,10-11,29-31H,4-5,8-9,12-14,16-27H2,1H3. The van der Waals surface area contributed by atoms with Gasteiger partial charge in [-0.2, -0.15) is 15.2 Å². The van der Waals surface area contributed by atoms with E-state index in [2.05, 4.69) is 57.0 Å². The molecule has 1 aromatic heterocycles. The highest BCUT2D eigenvalue weighted by atomic mass is 16.5. The van der Waals surface area contributed by atoms with E-state index in [-0.39, 0.29) is 18.4 Å². The van der Waals surface area contributed by atoms with Gasteiger partial charge in [0.1, 0.15) is 12.4 Å². The molecule has 0 bridgehead atoms. The second-order valence-corrected chi connectivity index (χ2v) is 14.0. The Labute approximate surface area is 285 Å². The minimum absolute atomic E-state index is 0.0257. The molecule has 1 aliphatic carbocycles. The van der Waals surface area contributed by atoms with Crippen LogP contribution in [-0.2, 0) is 28.8 Å². The number of piperazine rings is 1. The van der Waals surface area contributed by atoms with Crippen LogP contribution in [0.25, 0.3) is 0 Å². The van der Waals surface area contributed by atoms with Crippen LogP contribution in [-0.4, -0.2) is 128 Å². The number of morpholine rings is 1. The third kappa shape index (κ3) is 7.31. The van der Waals surface area contributed by atoms with Gasteiger partial charge < -0.3 is 29.1 Å². The molecule has 0 N–H and O–H groups in total. The van der Waals surface area contributed by atoms with E-state index >= 15 is 0 Å². The maximum Gasteiger partial charge on any atom is 0.318 e. The van der Waals surface area contributed by atoms with Crippen LogP contribution in [0.2, 0.25) is 0 Å². The molecule has 5 aliphatic rings. The maximum absolute atomic E-state index is 13.4. The van der Waals surface area contributed by atoms with Crippen LogP contribution < -0.4 is 14.5 Å². The molecule has 7 rings (SSSR count). The normalized spacial score (nSPS) is 25.2. The summed E-state index contributed by atoms with van der Waals surface area (Å²) in [6.45, 7) is 8.46. The Balaban J connectivity index is 1.11. The van der Waals surface area contributed by atoms with Crippen LogP contribution in [0.15, 0.2) is 36.4 Å². The Morgan fingerprint density at radius 3 is 2.75 bits per heavy atom. The first-order chi connectivity index (χ1) is 23.6. The van der Waals surface area contributed by atoms with E-state index < -0.39 is 0 Å². The number of nitriles is 1. The lowest BCUT2D eigenvalue weighted by atomic mass is 9.88. The van der Waals surface area contributed by atoms with E-state index in [4.69, 9.17) is 19.4 Å². The van der Waals surface area contributed by atoms with Crippen LogP contribution in [0.1, 0.15) is 48.9 Å². The molecule has 0 saturated carbocycles. The molecule has 3 saturated heterocycles. The lowest BCUT2D eigenvalue weighted by Gasteiger charge is -2.43. The van der Waals surface area contributed by atoms with Crippen LogP contribution in [0.5, 0.6) is 6.01 Å². The van der Waals surface area contributed by atoms with Crippen molar-refractivity contribution in [3.8, 4) is 12.1 Å². The minimum atomic E-state index is -0.215. The number of para-hydroxylation sites is 1. The number of amides is 1. The SMILES string of the molecule is CN1CCCC1COc1nc2c(c(N3CCN(C(=O)C=CCN4CCOCC4)C(CC#N)C3)n1)CCC(N1CCCc3ccccc31)C2. The fourth-order valence-corrected chi connectivity index (χ4v) is 8.25. The zero-order valence-corrected chi connectivity index (χ0v) is 28.4. The first-order valence-electron chi connectivity index (χ1n) is 18.0. The van der Waals surface area contributed by atoms with E-state index in [0.717, 1.165) is 89.6 Å². The Kier molecular flexibility index (Phi) is 10.4. The van der Waals surface area contributed by atoms with Gasteiger partial charge in [0.2, 0.25) is 5.91 Å². The highest BCUT2D eigenvalue weighted by Crippen LogP contribution is 2.37. The first-order valence-corrected chi connectivity index (χ1v) is 18.0. The average molecular weight is 655 g/mol. The summed E-state index contributed by atoms with van der Waals surface area (Å²) in [7, 11) is 2.16. The molecule has 1 aromatic carbocycles. The number of aryl methyl sites for hydroxylation is 1. The molecule has 0 spiro atoms. The fourth-order valence-electron chi connectivity index (χ4n) is 8.25. The van der Waals surface area contributed by atoms with Crippen LogP contribution in [0.4, 0.5) is 11.5 Å². The van der Waals surface area contributed by atoms with Crippen LogP contribution in [0.3, 0.4) is 0 Å². The van der Waals surface area contributed by atoms with Crippen molar-refractivity contribution in [2.24, 2.45) is 0 Å². The van der Waals surface area contributed by atoms with Crippen molar-refractivity contribution in [2.75, 3.05) is 89.0 Å². The summed E-state index contributed by atoms with van der Waals surface area (Å²) in [4.78, 5) is 35.0. The number of rotatable bonds is 9. The summed E-state index contributed by atoms with van der Waals surface area (Å²) in [6, 6.07) is 12.2. The molecule has 48 heavy (non-hydrogen) atoms. The summed E-state index contributed by atoms with van der Waals surface area (Å²) in [5, 5.41) is 9.78. The van der Waals surface area contributed by atoms with Gasteiger partial charge in [0.05, 0.1) is 37.4 Å². The number of fused-ring (bicyclic) bond motifs is 2. The van der Waals surface area contributed by atoms with Gasteiger partial charge in [-0.3, -0.25) is 9.69 Å². The number of aromatic nitrogens is 2. The molecule has 11 nitrogen and oxygen atoms in total. The average Bonchev–Trinajstić information content (AvgIpc) is 3.54. The first kappa shape index (κ1) is 32.8. The quantitative estimate of drug-likeness (QED) is 0.375. The molecule has 3 unspecified atom stereocenters. The van der Waals surface area contributed by atoms with Crippen molar-refractivity contribution < 1.29 is 14.3 Å². The van der Waals surface area contributed by atoms with Crippen molar-refractivity contribution in [1.29, 1.82) is 5.26 Å². The van der Waals surface area contributed by atoms with E-state index in [1.807, 2.05) is 11.0 Å². The molecule has 256 valence electrons. The Hall–Kier alpha value is -3.72. The lowest BCUT2D eigenvalue weighted by molar-refractivity contribution is -0.128. The van der Waals surface area contributed by atoms with Crippen LogP contribution >= 0.6 is 0 Å². The molecule has 0 radical (unpaired) electrons. The molecule has 3 atom stereocenters. The number of benzene rings is 1. The summed E-state index contributed by atoms with van der Waals surface area (Å²) in [6.07, 6.45) is 11.3. The molecule has 1 amide bonds. The minimum Gasteiger partial charge on any atom is -0.462 e. The predicted octanol–water partition coefficient (Wildman–Crippen LogP) is 3.08. The second kappa shape index (κ2) is 15.2. The van der Waals surface area contributed by atoms with E-state index in [0.29, 0.717) is 44.3 Å². The molecular weight excluding hydrogens is 604 g/mol. The zero-order valence-electron chi connectivity index (χ0n) is 28.4. The van der Waals surface area contributed by atoms with Gasteiger partial charge in [-0.1, -0.05) is 24.3 Å². The zero-order chi connectivity index (χ0) is 32.9. The summed E-state index contributed by atoms with van der Waals surface area (Å²) < 4.78 is 11.8. The number of hydrogen-bond acceptors (Lipinski definition) is 10. The van der Waals surface area contributed by atoms with Gasteiger partial charge >= 0.3 is 6.01 Å². The third-order valence-electron chi connectivity index (χ3n) is 11.0. The van der Waals surface area contributed by atoms with Gasteiger partial charge in [0.15, 0.2) is 0 Å². The van der Waals surface area contributed by atoms with Gasteiger partial charge in [0.25, 0.3) is 0 Å². The number of nitrogens with zero attached hydrogens (tertiary/aromatic N) is 8. The Bertz CT molecular complexity index is 1500. The number of carbonyl (C=O) groups excluding carboxylic acids is 1. The van der Waals surface area contributed by atoms with E-state index in [9.17, 15) is 10.1 Å². The van der Waals surface area contributed by atoms with Gasteiger partial charge in [0, 0.05) is 81.6 Å². The smallest absolute Gasteiger partial charge is 0.318 e. The predicted molar refractivity (Wildman–Crippen MR) is 185 cm³/mol. The van der Waals surface area contributed by atoms with Crippen LogP contribution in [0, 0.1) is 11.3 Å². The van der Waals surface area contributed by atoms with Crippen molar-refractivity contribution in [3.05, 3.63) is 53.2 Å². The molecule has 4 aliphatic heterocycles. The highest BCUT2D eigenvalue weighted by Gasteiger charge is 2.35. The molecule has 11 heteroatoms.